The molecule has 0 spiro atoms. The molecule has 0 aliphatic carbocycles. The van der Waals surface area contributed by atoms with Gasteiger partial charge in [-0.2, -0.15) is 8.78 Å². The second-order valence-electron chi connectivity index (χ2n) is 6.80. The monoisotopic (exact) mass is 439 g/mol. The van der Waals surface area contributed by atoms with Crippen molar-refractivity contribution >= 4 is 27.4 Å². The van der Waals surface area contributed by atoms with Crippen LogP contribution < -0.4 is 5.32 Å². The number of benzene rings is 2. The van der Waals surface area contributed by atoms with Crippen LogP contribution in [-0.4, -0.2) is 32.2 Å². The minimum Gasteiger partial charge on any atom is -0.449 e. The molecule has 9 heteroatoms. The van der Waals surface area contributed by atoms with Crippen LogP contribution >= 0.6 is 0 Å². The maximum Gasteiger partial charge on any atom is 0.341 e. The Kier molecular flexibility index (Phi) is 7.66. The van der Waals surface area contributed by atoms with Crippen molar-refractivity contribution in [3.63, 3.8) is 0 Å². The number of hydrogen-bond donors (Lipinski definition) is 1. The molecule has 0 saturated carbocycles. The first-order valence-corrected chi connectivity index (χ1v) is 10.8. The number of carbonyl (C=O) groups is 2. The lowest BCUT2D eigenvalue weighted by atomic mass is 9.99. The number of amides is 1. The molecule has 2 aromatic carbocycles. The summed E-state index contributed by atoms with van der Waals surface area (Å²) in [6.07, 6.45) is -0.135. The quantitative estimate of drug-likeness (QED) is 0.617. The van der Waals surface area contributed by atoms with Crippen LogP contribution in [0.2, 0.25) is 0 Å². The molecule has 0 unspecified atom stereocenters. The zero-order valence-corrected chi connectivity index (χ0v) is 17.6. The molecule has 162 valence electrons. The van der Waals surface area contributed by atoms with Gasteiger partial charge in [0.15, 0.2) is 6.10 Å². The SMILES string of the molecule is CC[C@@H](C)c1ccc(NC(=O)[C@@H](C)OC(=O)c2ccc(S(=O)(=O)C(F)F)cc2)cc1. The summed E-state index contributed by atoms with van der Waals surface area (Å²) >= 11 is 0. The van der Waals surface area contributed by atoms with Gasteiger partial charge in [0.1, 0.15) is 0 Å². The fourth-order valence-electron chi connectivity index (χ4n) is 2.54. The van der Waals surface area contributed by atoms with Crippen molar-refractivity contribution in [2.75, 3.05) is 5.32 Å². The number of hydrogen-bond acceptors (Lipinski definition) is 5. The number of ether oxygens (including phenoxy) is 1. The van der Waals surface area contributed by atoms with Gasteiger partial charge in [-0.15, -0.1) is 0 Å². The largest absolute Gasteiger partial charge is 0.449 e. The minimum atomic E-state index is -4.75. The van der Waals surface area contributed by atoms with Crippen LogP contribution in [0.1, 0.15) is 49.0 Å². The van der Waals surface area contributed by atoms with Crippen molar-refractivity contribution in [2.24, 2.45) is 0 Å². The van der Waals surface area contributed by atoms with Gasteiger partial charge in [-0.05, 0) is 61.2 Å². The van der Waals surface area contributed by atoms with Gasteiger partial charge >= 0.3 is 11.7 Å². The summed E-state index contributed by atoms with van der Waals surface area (Å²) < 4.78 is 53.0. The summed E-state index contributed by atoms with van der Waals surface area (Å²) in [6, 6.07) is 11.2. The fraction of sp³-hybridized carbons (Fsp3) is 0.333. The highest BCUT2D eigenvalue weighted by Gasteiger charge is 2.27. The van der Waals surface area contributed by atoms with Crippen LogP contribution in [0, 0.1) is 0 Å². The number of esters is 1. The predicted octanol–water partition coefficient (Wildman–Crippen LogP) is 4.38. The molecule has 1 amide bonds. The maximum atomic E-state index is 12.6. The Labute approximate surface area is 174 Å². The Morgan fingerprint density at radius 2 is 1.57 bits per heavy atom. The van der Waals surface area contributed by atoms with E-state index in [0.29, 0.717) is 11.6 Å². The van der Waals surface area contributed by atoms with E-state index in [9.17, 15) is 26.8 Å². The average molecular weight is 439 g/mol. The van der Waals surface area contributed by atoms with Crippen LogP contribution in [0.4, 0.5) is 14.5 Å². The lowest BCUT2D eigenvalue weighted by molar-refractivity contribution is -0.123. The third-order valence-electron chi connectivity index (χ3n) is 4.67. The van der Waals surface area contributed by atoms with Crippen molar-refractivity contribution in [1.82, 2.24) is 0 Å². The van der Waals surface area contributed by atoms with E-state index < -0.39 is 38.5 Å². The molecular weight excluding hydrogens is 416 g/mol. The highest BCUT2D eigenvalue weighted by atomic mass is 32.2. The summed E-state index contributed by atoms with van der Waals surface area (Å²) in [5.41, 5.74) is 1.63. The zero-order chi connectivity index (χ0) is 22.5. The maximum absolute atomic E-state index is 12.6. The second-order valence-corrected chi connectivity index (χ2v) is 8.72. The van der Waals surface area contributed by atoms with Gasteiger partial charge in [0.05, 0.1) is 10.5 Å². The zero-order valence-electron chi connectivity index (χ0n) is 16.8. The van der Waals surface area contributed by atoms with E-state index in [0.717, 1.165) is 36.2 Å². The normalized spacial score (nSPS) is 13.5. The number of anilines is 1. The number of nitrogens with one attached hydrogen (secondary N) is 1. The Morgan fingerprint density at radius 3 is 2.07 bits per heavy atom. The van der Waals surface area contributed by atoms with Crippen molar-refractivity contribution in [3.05, 3.63) is 59.7 Å². The van der Waals surface area contributed by atoms with Crippen molar-refractivity contribution in [1.29, 1.82) is 0 Å². The summed E-state index contributed by atoms with van der Waals surface area (Å²) in [5.74, 6) is -4.59. The van der Waals surface area contributed by atoms with E-state index >= 15 is 0 Å². The Bertz CT molecular complexity index is 989. The summed E-state index contributed by atoms with van der Waals surface area (Å²) in [5, 5.41) is 2.65. The molecule has 0 aromatic heterocycles. The van der Waals surface area contributed by atoms with E-state index in [4.69, 9.17) is 4.74 Å². The molecule has 0 heterocycles. The van der Waals surface area contributed by atoms with Crippen LogP contribution in [0.25, 0.3) is 0 Å². The van der Waals surface area contributed by atoms with Gasteiger partial charge in [0.25, 0.3) is 5.91 Å². The van der Waals surface area contributed by atoms with Crippen LogP contribution in [-0.2, 0) is 19.4 Å². The molecule has 2 atom stereocenters. The Morgan fingerprint density at radius 1 is 1.00 bits per heavy atom. The topological polar surface area (TPSA) is 89.5 Å². The first-order valence-electron chi connectivity index (χ1n) is 9.30. The van der Waals surface area contributed by atoms with E-state index in [1.54, 1.807) is 12.1 Å². The third-order valence-corrected chi connectivity index (χ3v) is 6.06. The summed E-state index contributed by atoms with van der Waals surface area (Å²) in [4.78, 5) is 23.8. The lowest BCUT2D eigenvalue weighted by Gasteiger charge is -2.15. The molecule has 0 bridgehead atoms. The van der Waals surface area contributed by atoms with Crippen LogP contribution in [0.3, 0.4) is 0 Å². The van der Waals surface area contributed by atoms with E-state index in [2.05, 4.69) is 19.2 Å². The van der Waals surface area contributed by atoms with Crippen LogP contribution in [0.15, 0.2) is 53.4 Å². The summed E-state index contributed by atoms with van der Waals surface area (Å²) in [7, 11) is -4.75. The Balaban J connectivity index is 1.98. The number of sulfone groups is 1. The van der Waals surface area contributed by atoms with E-state index in [1.165, 1.54) is 6.92 Å². The van der Waals surface area contributed by atoms with Gasteiger partial charge in [0.2, 0.25) is 9.84 Å². The first-order chi connectivity index (χ1) is 14.1. The molecule has 0 radical (unpaired) electrons. The summed E-state index contributed by atoms with van der Waals surface area (Å²) in [6.45, 7) is 5.57. The first kappa shape index (κ1) is 23.5. The van der Waals surface area contributed by atoms with E-state index in [-0.39, 0.29) is 5.56 Å². The molecule has 1 N–H and O–H groups in total. The molecule has 30 heavy (non-hydrogen) atoms. The van der Waals surface area contributed by atoms with Gasteiger partial charge in [-0.25, -0.2) is 13.2 Å². The standard InChI is InChI=1S/C21H23F2NO5S/c1-4-13(2)15-5-9-17(10-6-15)24-19(25)14(3)29-20(26)16-7-11-18(12-8-16)30(27,28)21(22)23/h5-14,21H,4H2,1-3H3,(H,24,25)/t13-,14-/m1/s1. The molecule has 6 nitrogen and oxygen atoms in total. The van der Waals surface area contributed by atoms with Crippen molar-refractivity contribution in [2.45, 2.75) is 49.9 Å². The highest BCUT2D eigenvalue weighted by Crippen LogP contribution is 2.21. The number of rotatable bonds is 8. The van der Waals surface area contributed by atoms with Crippen molar-refractivity contribution < 1.29 is 31.5 Å². The molecule has 2 rings (SSSR count). The molecule has 0 aliphatic heterocycles. The van der Waals surface area contributed by atoms with Gasteiger partial charge in [-0.3, -0.25) is 4.79 Å². The van der Waals surface area contributed by atoms with Crippen molar-refractivity contribution in [3.8, 4) is 0 Å². The number of halogens is 2. The predicted molar refractivity (Wildman–Crippen MR) is 108 cm³/mol. The van der Waals surface area contributed by atoms with E-state index in [1.807, 2.05) is 12.1 Å². The second kappa shape index (κ2) is 9.80. The number of alkyl halides is 2. The smallest absolute Gasteiger partial charge is 0.341 e. The molecular formula is C21H23F2NO5S. The minimum absolute atomic E-state index is 0.0687. The average Bonchev–Trinajstić information content (AvgIpc) is 2.73. The molecule has 0 aliphatic rings. The van der Waals surface area contributed by atoms with Crippen LogP contribution in [0.5, 0.6) is 0 Å². The highest BCUT2D eigenvalue weighted by molar-refractivity contribution is 7.91. The molecule has 0 fully saturated rings. The van der Waals surface area contributed by atoms with Gasteiger partial charge in [-0.1, -0.05) is 26.0 Å². The fourth-order valence-corrected chi connectivity index (χ4v) is 3.26. The lowest BCUT2D eigenvalue weighted by Crippen LogP contribution is -2.30. The third kappa shape index (κ3) is 5.63. The Hall–Kier alpha value is -2.81. The number of carbonyl (C=O) groups excluding carboxylic acids is 2. The van der Waals surface area contributed by atoms with Gasteiger partial charge in [0, 0.05) is 5.69 Å². The molecule has 0 saturated heterocycles. The van der Waals surface area contributed by atoms with Gasteiger partial charge < -0.3 is 10.1 Å². The molecule has 2 aromatic rings.